The Morgan fingerprint density at radius 1 is 1.35 bits per heavy atom. The number of carbonyl (C=O) groups is 2. The van der Waals surface area contributed by atoms with Crippen LogP contribution in [0.5, 0.6) is 0 Å². The van der Waals surface area contributed by atoms with Crippen molar-refractivity contribution >= 4 is 23.6 Å². The highest BCUT2D eigenvalue weighted by molar-refractivity contribution is 7.99. The summed E-state index contributed by atoms with van der Waals surface area (Å²) in [6.07, 6.45) is 0. The van der Waals surface area contributed by atoms with Crippen LogP contribution in [0.1, 0.15) is 23.1 Å². The summed E-state index contributed by atoms with van der Waals surface area (Å²) < 4.78 is 15.3. The quantitative estimate of drug-likeness (QED) is 0.732. The third-order valence-electron chi connectivity index (χ3n) is 2.98. The average Bonchev–Trinajstić information content (AvgIpc) is 2.93. The first-order valence-electron chi connectivity index (χ1n) is 6.88. The van der Waals surface area contributed by atoms with Gasteiger partial charge < -0.3 is 15.6 Å². The number of hydrogen-bond donors (Lipinski definition) is 2. The van der Waals surface area contributed by atoms with E-state index in [4.69, 9.17) is 5.73 Å². The first kappa shape index (κ1) is 16.9. The van der Waals surface area contributed by atoms with E-state index in [1.807, 2.05) is 6.92 Å². The van der Waals surface area contributed by atoms with E-state index in [-0.39, 0.29) is 17.9 Å². The third-order valence-corrected chi connectivity index (χ3v) is 3.97. The number of halogens is 1. The number of benzene rings is 1. The summed E-state index contributed by atoms with van der Waals surface area (Å²) in [5.41, 5.74) is 5.08. The Kier molecular flexibility index (Phi) is 5.69. The van der Waals surface area contributed by atoms with Gasteiger partial charge in [0.05, 0.1) is 17.9 Å². The molecule has 23 heavy (non-hydrogen) atoms. The molecule has 7 nitrogen and oxygen atoms in total. The number of thioether (sulfide) groups is 1. The number of nitrogens with zero attached hydrogens (tertiary/aromatic N) is 3. The summed E-state index contributed by atoms with van der Waals surface area (Å²) in [5.74, 6) is -0.946. The monoisotopic (exact) mass is 337 g/mol. The molecule has 0 aliphatic heterocycles. The molecule has 2 aromatic rings. The lowest BCUT2D eigenvalue weighted by Crippen LogP contribution is -2.25. The Labute approximate surface area is 136 Å². The van der Waals surface area contributed by atoms with E-state index in [2.05, 4.69) is 15.5 Å². The summed E-state index contributed by atoms with van der Waals surface area (Å²) in [5, 5.41) is 11.1. The van der Waals surface area contributed by atoms with E-state index >= 15 is 0 Å². The SMILES string of the molecule is CCn1c(CNC(=O)c2ccccc2F)nnc1SCC(N)=O. The molecular formula is C14H16FN5O2S. The lowest BCUT2D eigenvalue weighted by atomic mass is 10.2. The number of rotatable bonds is 7. The molecule has 0 fully saturated rings. The summed E-state index contributed by atoms with van der Waals surface area (Å²) >= 11 is 1.18. The molecule has 0 bridgehead atoms. The first-order chi connectivity index (χ1) is 11.0. The highest BCUT2D eigenvalue weighted by atomic mass is 32.2. The third kappa shape index (κ3) is 4.28. The number of nitrogens with two attached hydrogens (primary N) is 1. The van der Waals surface area contributed by atoms with Crippen LogP contribution in [0.25, 0.3) is 0 Å². The van der Waals surface area contributed by atoms with Crippen LogP contribution >= 0.6 is 11.8 Å². The van der Waals surface area contributed by atoms with Crippen LogP contribution in [0.15, 0.2) is 29.4 Å². The van der Waals surface area contributed by atoms with Gasteiger partial charge in [-0.2, -0.15) is 0 Å². The zero-order valence-electron chi connectivity index (χ0n) is 12.5. The predicted molar refractivity (Wildman–Crippen MR) is 83.2 cm³/mol. The molecule has 9 heteroatoms. The van der Waals surface area contributed by atoms with Gasteiger partial charge >= 0.3 is 0 Å². The van der Waals surface area contributed by atoms with E-state index in [1.54, 1.807) is 10.6 Å². The number of hydrogen-bond acceptors (Lipinski definition) is 5. The first-order valence-corrected chi connectivity index (χ1v) is 7.87. The highest BCUT2D eigenvalue weighted by Crippen LogP contribution is 2.16. The lowest BCUT2D eigenvalue weighted by molar-refractivity contribution is -0.115. The number of carbonyl (C=O) groups excluding carboxylic acids is 2. The number of nitrogens with one attached hydrogen (secondary N) is 1. The van der Waals surface area contributed by atoms with Crippen LogP contribution < -0.4 is 11.1 Å². The topological polar surface area (TPSA) is 103 Å². The molecule has 1 aromatic carbocycles. The van der Waals surface area contributed by atoms with E-state index in [0.717, 1.165) is 0 Å². The van der Waals surface area contributed by atoms with Crippen LogP contribution in [0.2, 0.25) is 0 Å². The summed E-state index contributed by atoms with van der Waals surface area (Å²) in [6, 6.07) is 5.73. The Morgan fingerprint density at radius 2 is 2.09 bits per heavy atom. The van der Waals surface area contributed by atoms with Crippen molar-refractivity contribution in [2.45, 2.75) is 25.2 Å². The summed E-state index contributed by atoms with van der Waals surface area (Å²) in [4.78, 5) is 22.8. The Morgan fingerprint density at radius 3 is 2.74 bits per heavy atom. The zero-order valence-corrected chi connectivity index (χ0v) is 13.3. The normalized spacial score (nSPS) is 10.5. The standard InChI is InChI=1S/C14H16FN5O2S/c1-2-20-12(18-19-14(20)23-8-11(16)21)7-17-13(22)9-5-3-4-6-10(9)15/h3-6H,2,7-8H2,1H3,(H2,16,21)(H,17,22). The molecule has 0 unspecified atom stereocenters. The minimum absolute atomic E-state index is 0.0293. The number of primary amides is 1. The highest BCUT2D eigenvalue weighted by Gasteiger charge is 2.15. The maximum atomic E-state index is 13.6. The molecule has 2 amide bonds. The van der Waals surface area contributed by atoms with Crippen LogP contribution in [-0.2, 0) is 17.9 Å². The van der Waals surface area contributed by atoms with Crippen LogP contribution in [0.3, 0.4) is 0 Å². The molecule has 3 N–H and O–H groups in total. The second-order valence-electron chi connectivity index (χ2n) is 4.56. The fourth-order valence-electron chi connectivity index (χ4n) is 1.91. The minimum atomic E-state index is -0.584. The largest absolute Gasteiger partial charge is 0.369 e. The zero-order chi connectivity index (χ0) is 16.8. The van der Waals surface area contributed by atoms with Crippen molar-refractivity contribution in [2.24, 2.45) is 5.73 Å². The fraction of sp³-hybridized carbons (Fsp3) is 0.286. The van der Waals surface area contributed by atoms with Gasteiger partial charge in [-0.25, -0.2) is 4.39 Å². The average molecular weight is 337 g/mol. The van der Waals surface area contributed by atoms with Crippen molar-refractivity contribution in [2.75, 3.05) is 5.75 Å². The molecule has 2 rings (SSSR count). The Bertz CT molecular complexity index is 719. The molecule has 0 atom stereocenters. The van der Waals surface area contributed by atoms with Gasteiger partial charge in [-0.1, -0.05) is 23.9 Å². The number of amides is 2. The smallest absolute Gasteiger partial charge is 0.254 e. The van der Waals surface area contributed by atoms with Gasteiger partial charge in [-0.3, -0.25) is 9.59 Å². The maximum Gasteiger partial charge on any atom is 0.254 e. The second kappa shape index (κ2) is 7.73. The molecule has 0 saturated heterocycles. The molecule has 1 aromatic heterocycles. The van der Waals surface area contributed by atoms with Gasteiger partial charge in [-0.05, 0) is 19.1 Å². The number of aromatic nitrogens is 3. The van der Waals surface area contributed by atoms with E-state index in [1.165, 1.54) is 30.0 Å². The van der Waals surface area contributed by atoms with Crippen LogP contribution in [0, 0.1) is 5.82 Å². The molecule has 1 heterocycles. The minimum Gasteiger partial charge on any atom is -0.369 e. The van der Waals surface area contributed by atoms with E-state index < -0.39 is 17.6 Å². The maximum absolute atomic E-state index is 13.6. The second-order valence-corrected chi connectivity index (χ2v) is 5.50. The molecule has 0 aliphatic rings. The van der Waals surface area contributed by atoms with Crippen LogP contribution in [0.4, 0.5) is 4.39 Å². The molecule has 0 radical (unpaired) electrons. The van der Waals surface area contributed by atoms with Crippen molar-refractivity contribution in [1.82, 2.24) is 20.1 Å². The molecule has 0 spiro atoms. The van der Waals surface area contributed by atoms with Crippen LogP contribution in [-0.4, -0.2) is 32.3 Å². The Balaban J connectivity index is 2.04. The van der Waals surface area contributed by atoms with Gasteiger partial charge in [0.1, 0.15) is 5.82 Å². The van der Waals surface area contributed by atoms with Gasteiger partial charge in [0.15, 0.2) is 11.0 Å². The van der Waals surface area contributed by atoms with Gasteiger partial charge in [0, 0.05) is 6.54 Å². The molecular weight excluding hydrogens is 321 g/mol. The molecule has 0 saturated carbocycles. The summed E-state index contributed by atoms with van der Waals surface area (Å²) in [6.45, 7) is 2.56. The van der Waals surface area contributed by atoms with Gasteiger partial charge in [-0.15, -0.1) is 10.2 Å². The molecule has 0 aliphatic carbocycles. The van der Waals surface area contributed by atoms with Crippen molar-refractivity contribution < 1.29 is 14.0 Å². The van der Waals surface area contributed by atoms with Crippen molar-refractivity contribution in [3.05, 3.63) is 41.5 Å². The van der Waals surface area contributed by atoms with E-state index in [9.17, 15) is 14.0 Å². The van der Waals surface area contributed by atoms with Crippen molar-refractivity contribution in [3.8, 4) is 0 Å². The lowest BCUT2D eigenvalue weighted by Gasteiger charge is -2.08. The van der Waals surface area contributed by atoms with Gasteiger partial charge in [0.2, 0.25) is 5.91 Å². The van der Waals surface area contributed by atoms with Crippen molar-refractivity contribution in [3.63, 3.8) is 0 Å². The fourth-order valence-corrected chi connectivity index (χ4v) is 2.67. The predicted octanol–water partition coefficient (Wildman–Crippen LogP) is 0.944. The molecule has 122 valence electrons. The van der Waals surface area contributed by atoms with E-state index in [0.29, 0.717) is 17.5 Å². The van der Waals surface area contributed by atoms with Crippen molar-refractivity contribution in [1.29, 1.82) is 0 Å². The Hall–Kier alpha value is -2.42. The summed E-state index contributed by atoms with van der Waals surface area (Å²) in [7, 11) is 0. The van der Waals surface area contributed by atoms with Gasteiger partial charge in [0.25, 0.3) is 5.91 Å².